The van der Waals surface area contributed by atoms with Crippen LogP contribution in [0.2, 0.25) is 10.0 Å². The average molecular weight is 374 g/mol. The number of nitriles is 1. The molecule has 0 radical (unpaired) electrons. The van der Waals surface area contributed by atoms with E-state index in [-0.39, 0.29) is 11.5 Å². The molecule has 2 N–H and O–H groups in total. The summed E-state index contributed by atoms with van der Waals surface area (Å²) in [5.41, 5.74) is 2.22. The first-order valence-corrected chi connectivity index (χ1v) is 8.39. The van der Waals surface area contributed by atoms with E-state index in [1.54, 1.807) is 18.2 Å². The molecule has 0 aromatic heterocycles. The van der Waals surface area contributed by atoms with Gasteiger partial charge < -0.3 is 10.6 Å². The van der Waals surface area contributed by atoms with E-state index in [2.05, 4.69) is 10.6 Å². The van der Waals surface area contributed by atoms with Crippen LogP contribution in [0.3, 0.4) is 0 Å². The highest BCUT2D eigenvalue weighted by Gasteiger charge is 2.13. The third-order valence-electron chi connectivity index (χ3n) is 3.44. The summed E-state index contributed by atoms with van der Waals surface area (Å²) in [7, 11) is 0. The normalized spacial score (nSPS) is 11.1. The molecule has 1 amide bonds. The van der Waals surface area contributed by atoms with Crippen molar-refractivity contribution in [1.29, 1.82) is 5.26 Å². The van der Waals surface area contributed by atoms with E-state index in [9.17, 15) is 10.1 Å². The second kappa shape index (κ2) is 8.57. The Hall–Kier alpha value is -2.48. The van der Waals surface area contributed by atoms with Crippen molar-refractivity contribution in [3.05, 3.63) is 69.8 Å². The quantitative estimate of drug-likeness (QED) is 0.531. The molecule has 25 heavy (non-hydrogen) atoms. The van der Waals surface area contributed by atoms with Crippen LogP contribution in [0.4, 0.5) is 11.4 Å². The Morgan fingerprint density at radius 1 is 1.16 bits per heavy atom. The van der Waals surface area contributed by atoms with Crippen LogP contribution in [0.15, 0.2) is 54.2 Å². The largest absolute Gasteiger partial charge is 0.360 e. The molecule has 0 atom stereocenters. The number of hydrogen-bond acceptors (Lipinski definition) is 3. The topological polar surface area (TPSA) is 64.9 Å². The average Bonchev–Trinajstić information content (AvgIpc) is 2.54. The fourth-order valence-corrected chi connectivity index (χ4v) is 2.77. The molecule has 0 aliphatic carbocycles. The molecular weight excluding hydrogens is 357 g/mol. The van der Waals surface area contributed by atoms with Crippen LogP contribution in [0.5, 0.6) is 0 Å². The van der Waals surface area contributed by atoms with Gasteiger partial charge in [0.05, 0.1) is 0 Å². The number of para-hydroxylation sites is 1. The Balaban J connectivity index is 2.17. The van der Waals surface area contributed by atoms with E-state index in [1.807, 2.05) is 44.2 Å². The van der Waals surface area contributed by atoms with Gasteiger partial charge >= 0.3 is 0 Å². The molecule has 0 aliphatic rings. The summed E-state index contributed by atoms with van der Waals surface area (Å²) in [4.78, 5) is 12.4. The van der Waals surface area contributed by atoms with Crippen LogP contribution < -0.4 is 10.6 Å². The number of nitrogens with zero attached hydrogens (tertiary/aromatic N) is 1. The summed E-state index contributed by atoms with van der Waals surface area (Å²) in [6.45, 7) is 4.08. The van der Waals surface area contributed by atoms with Crippen LogP contribution in [0.25, 0.3) is 0 Å². The van der Waals surface area contributed by atoms with Crippen LogP contribution in [0, 0.1) is 11.3 Å². The lowest BCUT2D eigenvalue weighted by atomic mass is 10.0. The highest BCUT2D eigenvalue weighted by molar-refractivity contribution is 6.35. The molecule has 0 saturated heterocycles. The molecule has 0 bridgehead atoms. The fraction of sp³-hybridized carbons (Fsp3) is 0.158. The van der Waals surface area contributed by atoms with Gasteiger partial charge in [0.15, 0.2) is 0 Å². The van der Waals surface area contributed by atoms with Crippen LogP contribution >= 0.6 is 23.2 Å². The lowest BCUT2D eigenvalue weighted by Crippen LogP contribution is -2.16. The van der Waals surface area contributed by atoms with Gasteiger partial charge in [0.2, 0.25) is 0 Å². The molecule has 2 rings (SSSR count). The first-order valence-electron chi connectivity index (χ1n) is 7.64. The molecule has 0 saturated carbocycles. The molecule has 2 aromatic rings. The molecule has 128 valence electrons. The molecule has 0 unspecified atom stereocenters. The van der Waals surface area contributed by atoms with Gasteiger partial charge in [-0.15, -0.1) is 0 Å². The molecule has 0 heterocycles. The van der Waals surface area contributed by atoms with Crippen LogP contribution in [0.1, 0.15) is 25.3 Å². The van der Waals surface area contributed by atoms with E-state index < -0.39 is 5.91 Å². The van der Waals surface area contributed by atoms with Gasteiger partial charge in [-0.05, 0) is 35.7 Å². The number of rotatable bonds is 5. The van der Waals surface area contributed by atoms with E-state index in [1.165, 1.54) is 6.20 Å². The van der Waals surface area contributed by atoms with Crippen molar-refractivity contribution in [2.24, 2.45) is 0 Å². The number of anilines is 2. The monoisotopic (exact) mass is 373 g/mol. The second-order valence-corrected chi connectivity index (χ2v) is 6.54. The van der Waals surface area contributed by atoms with Crippen LogP contribution in [-0.2, 0) is 4.79 Å². The number of halogens is 2. The summed E-state index contributed by atoms with van der Waals surface area (Å²) in [5, 5.41) is 15.8. The summed E-state index contributed by atoms with van der Waals surface area (Å²) in [6, 6.07) is 14.3. The number of carbonyl (C=O) groups excluding carboxylic acids is 1. The highest BCUT2D eigenvalue weighted by atomic mass is 35.5. The lowest BCUT2D eigenvalue weighted by Gasteiger charge is -2.13. The Labute approximate surface area is 157 Å². The SMILES string of the molecule is CC(C)c1ccccc1NC(=O)/C(C#N)=C\Nc1cc(Cl)cc(Cl)c1. The van der Waals surface area contributed by atoms with Gasteiger partial charge in [-0.1, -0.05) is 55.2 Å². The van der Waals surface area contributed by atoms with Gasteiger partial charge in [-0.3, -0.25) is 4.79 Å². The third-order valence-corrected chi connectivity index (χ3v) is 3.88. The number of benzene rings is 2. The molecule has 4 nitrogen and oxygen atoms in total. The Morgan fingerprint density at radius 3 is 2.40 bits per heavy atom. The van der Waals surface area contributed by atoms with Crippen molar-refractivity contribution >= 4 is 40.5 Å². The third kappa shape index (κ3) is 5.25. The van der Waals surface area contributed by atoms with E-state index in [0.29, 0.717) is 21.4 Å². The summed E-state index contributed by atoms with van der Waals surface area (Å²) >= 11 is 11.9. The van der Waals surface area contributed by atoms with Crippen LogP contribution in [-0.4, -0.2) is 5.91 Å². The first-order chi connectivity index (χ1) is 11.9. The van der Waals surface area contributed by atoms with E-state index in [0.717, 1.165) is 5.56 Å². The number of carbonyl (C=O) groups is 1. The minimum Gasteiger partial charge on any atom is -0.360 e. The minimum atomic E-state index is -0.490. The fourth-order valence-electron chi connectivity index (χ4n) is 2.25. The van der Waals surface area contributed by atoms with Gasteiger partial charge in [-0.25, -0.2) is 0 Å². The maximum Gasteiger partial charge on any atom is 0.267 e. The molecule has 0 fully saturated rings. The van der Waals surface area contributed by atoms with Crippen molar-refractivity contribution in [3.8, 4) is 6.07 Å². The molecular formula is C19H17Cl2N3O. The molecule has 0 spiro atoms. The van der Waals surface area contributed by atoms with Gasteiger partial charge in [0.1, 0.15) is 11.6 Å². The Kier molecular flexibility index (Phi) is 6.46. The predicted octanol–water partition coefficient (Wildman–Crippen LogP) is 5.57. The first kappa shape index (κ1) is 18.9. The van der Waals surface area contributed by atoms with Crippen molar-refractivity contribution in [1.82, 2.24) is 0 Å². The summed E-state index contributed by atoms with van der Waals surface area (Å²) < 4.78 is 0. The lowest BCUT2D eigenvalue weighted by molar-refractivity contribution is -0.112. The Bertz CT molecular complexity index is 834. The minimum absolute atomic E-state index is 0.0605. The number of amides is 1. The zero-order valence-electron chi connectivity index (χ0n) is 13.8. The van der Waals surface area contributed by atoms with Crippen molar-refractivity contribution in [2.75, 3.05) is 10.6 Å². The highest BCUT2D eigenvalue weighted by Crippen LogP contribution is 2.25. The summed E-state index contributed by atoms with van der Waals surface area (Å²) in [6.07, 6.45) is 1.33. The van der Waals surface area contributed by atoms with E-state index in [4.69, 9.17) is 23.2 Å². The maximum absolute atomic E-state index is 12.4. The Morgan fingerprint density at radius 2 is 1.80 bits per heavy atom. The number of nitrogens with one attached hydrogen (secondary N) is 2. The van der Waals surface area contributed by atoms with Gasteiger partial charge in [0.25, 0.3) is 5.91 Å². The predicted molar refractivity (Wildman–Crippen MR) is 103 cm³/mol. The van der Waals surface area contributed by atoms with Crippen molar-refractivity contribution in [2.45, 2.75) is 19.8 Å². The number of hydrogen-bond donors (Lipinski definition) is 2. The maximum atomic E-state index is 12.4. The van der Waals surface area contributed by atoms with Crippen molar-refractivity contribution in [3.63, 3.8) is 0 Å². The second-order valence-electron chi connectivity index (χ2n) is 5.67. The zero-order valence-corrected chi connectivity index (χ0v) is 15.3. The van der Waals surface area contributed by atoms with Gasteiger partial charge in [0, 0.05) is 27.6 Å². The smallest absolute Gasteiger partial charge is 0.267 e. The van der Waals surface area contributed by atoms with E-state index >= 15 is 0 Å². The zero-order chi connectivity index (χ0) is 18.4. The van der Waals surface area contributed by atoms with Crippen molar-refractivity contribution < 1.29 is 4.79 Å². The van der Waals surface area contributed by atoms with Gasteiger partial charge in [-0.2, -0.15) is 5.26 Å². The molecule has 0 aliphatic heterocycles. The summed E-state index contributed by atoms with van der Waals surface area (Å²) in [5.74, 6) is -0.242. The molecule has 6 heteroatoms. The standard InChI is InChI=1S/C19H17Cl2N3O/c1-12(2)17-5-3-4-6-18(17)24-19(25)13(10-22)11-23-16-8-14(20)7-15(21)9-16/h3-9,11-12,23H,1-2H3,(H,24,25)/b13-11-. The molecule has 2 aromatic carbocycles.